The van der Waals surface area contributed by atoms with E-state index in [9.17, 15) is 18.0 Å². The average Bonchev–Trinajstić information content (AvgIpc) is 2.97. The molecule has 0 saturated carbocycles. The molecule has 0 unspecified atom stereocenters. The molecule has 0 bridgehead atoms. The van der Waals surface area contributed by atoms with Gasteiger partial charge in [-0.1, -0.05) is 12.1 Å². The van der Waals surface area contributed by atoms with Crippen molar-refractivity contribution in [1.29, 1.82) is 0 Å². The van der Waals surface area contributed by atoms with E-state index in [1.807, 2.05) is 13.0 Å². The normalized spacial score (nSPS) is 11.2. The number of aryl methyl sites for hydroxylation is 3. The topological polar surface area (TPSA) is 116 Å². The van der Waals surface area contributed by atoms with Crippen LogP contribution in [0.5, 0.6) is 5.75 Å². The molecule has 3 aromatic rings. The summed E-state index contributed by atoms with van der Waals surface area (Å²) >= 11 is 1.27. The number of primary amides is 1. The van der Waals surface area contributed by atoms with Crippen molar-refractivity contribution in [3.8, 4) is 5.75 Å². The molecular weight excluding hydrogens is 436 g/mol. The lowest BCUT2D eigenvalue weighted by Crippen LogP contribution is -2.17. The molecule has 0 fully saturated rings. The van der Waals surface area contributed by atoms with Gasteiger partial charge in [-0.3, -0.25) is 9.59 Å². The van der Waals surface area contributed by atoms with Crippen molar-refractivity contribution in [3.05, 3.63) is 75.2 Å². The van der Waals surface area contributed by atoms with Crippen LogP contribution in [0.15, 0.2) is 47.4 Å². The first-order chi connectivity index (χ1) is 14.5. The number of hydrogen-bond acceptors (Lipinski definition) is 6. The van der Waals surface area contributed by atoms with Crippen LogP contribution in [0.3, 0.4) is 0 Å². The highest BCUT2D eigenvalue weighted by Gasteiger charge is 2.21. The molecule has 2 aromatic carbocycles. The number of anilines is 1. The van der Waals surface area contributed by atoms with E-state index in [1.54, 1.807) is 32.9 Å². The quantitative estimate of drug-likeness (QED) is 0.540. The van der Waals surface area contributed by atoms with Crippen molar-refractivity contribution < 1.29 is 22.2 Å². The Morgan fingerprint density at radius 3 is 2.26 bits per heavy atom. The van der Waals surface area contributed by atoms with Crippen LogP contribution in [0.25, 0.3) is 0 Å². The Morgan fingerprint density at radius 2 is 1.65 bits per heavy atom. The van der Waals surface area contributed by atoms with Crippen LogP contribution in [0, 0.1) is 27.7 Å². The molecule has 0 aliphatic carbocycles. The van der Waals surface area contributed by atoms with Gasteiger partial charge >= 0.3 is 10.1 Å². The zero-order chi connectivity index (χ0) is 22.9. The molecule has 1 aromatic heterocycles. The van der Waals surface area contributed by atoms with Gasteiger partial charge in [-0.05, 0) is 74.7 Å². The summed E-state index contributed by atoms with van der Waals surface area (Å²) in [5.74, 6) is -0.983. The van der Waals surface area contributed by atoms with Crippen molar-refractivity contribution in [3.63, 3.8) is 0 Å². The van der Waals surface area contributed by atoms with Gasteiger partial charge in [0.15, 0.2) is 0 Å². The standard InChI is InChI=1S/C22H22N2O5S2/c1-12-5-6-13(2)18(11-12)31(27,28)29-17-9-7-16(8-10-17)21(26)24-22-19(20(23)25)14(3)15(4)30-22/h5-11H,1-4H3,(H2,23,25)(H,24,26). The Kier molecular flexibility index (Phi) is 6.19. The second kappa shape index (κ2) is 8.52. The summed E-state index contributed by atoms with van der Waals surface area (Å²) in [4.78, 5) is 25.3. The maximum atomic E-state index is 12.6. The Hall–Kier alpha value is -3.17. The van der Waals surface area contributed by atoms with Crippen LogP contribution in [0.4, 0.5) is 5.00 Å². The van der Waals surface area contributed by atoms with E-state index in [-0.39, 0.29) is 21.8 Å². The predicted molar refractivity (Wildman–Crippen MR) is 120 cm³/mol. The largest absolute Gasteiger partial charge is 0.379 e. The van der Waals surface area contributed by atoms with E-state index in [4.69, 9.17) is 9.92 Å². The Bertz CT molecular complexity index is 1280. The third-order valence-electron chi connectivity index (χ3n) is 4.79. The van der Waals surface area contributed by atoms with Crippen LogP contribution < -0.4 is 15.2 Å². The molecule has 0 aliphatic rings. The van der Waals surface area contributed by atoms with Gasteiger partial charge in [0.25, 0.3) is 11.8 Å². The smallest absolute Gasteiger partial charge is 0.339 e. The summed E-state index contributed by atoms with van der Waals surface area (Å²) < 4.78 is 30.5. The molecule has 0 radical (unpaired) electrons. The minimum absolute atomic E-state index is 0.0816. The summed E-state index contributed by atoms with van der Waals surface area (Å²) in [5.41, 5.74) is 8.10. The second-order valence-electron chi connectivity index (χ2n) is 7.14. The zero-order valence-electron chi connectivity index (χ0n) is 17.5. The molecule has 2 amide bonds. The average molecular weight is 459 g/mol. The molecule has 162 valence electrons. The maximum Gasteiger partial charge on any atom is 0.339 e. The molecule has 0 aliphatic heterocycles. The Labute approximate surface area is 185 Å². The number of thiophene rings is 1. The van der Waals surface area contributed by atoms with E-state index in [2.05, 4.69) is 5.32 Å². The van der Waals surface area contributed by atoms with Gasteiger partial charge in [-0.2, -0.15) is 8.42 Å². The number of carbonyl (C=O) groups excluding carboxylic acids is 2. The predicted octanol–water partition coefficient (Wildman–Crippen LogP) is 4.10. The highest BCUT2D eigenvalue weighted by molar-refractivity contribution is 7.87. The number of nitrogens with one attached hydrogen (secondary N) is 1. The van der Waals surface area contributed by atoms with Gasteiger partial charge in [0.2, 0.25) is 0 Å². The van der Waals surface area contributed by atoms with Gasteiger partial charge in [0, 0.05) is 10.4 Å². The summed E-state index contributed by atoms with van der Waals surface area (Å²) in [6.45, 7) is 7.10. The molecule has 7 nitrogen and oxygen atoms in total. The van der Waals surface area contributed by atoms with Gasteiger partial charge in [0.1, 0.15) is 15.6 Å². The van der Waals surface area contributed by atoms with E-state index in [0.29, 0.717) is 10.6 Å². The minimum Gasteiger partial charge on any atom is -0.379 e. The number of rotatable bonds is 6. The maximum absolute atomic E-state index is 12.6. The Balaban J connectivity index is 1.79. The number of benzene rings is 2. The van der Waals surface area contributed by atoms with Crippen molar-refractivity contribution in [2.45, 2.75) is 32.6 Å². The van der Waals surface area contributed by atoms with Crippen LogP contribution in [-0.2, 0) is 10.1 Å². The van der Waals surface area contributed by atoms with Crippen LogP contribution >= 0.6 is 11.3 Å². The second-order valence-corrected chi connectivity index (χ2v) is 9.88. The highest BCUT2D eigenvalue weighted by Crippen LogP contribution is 2.32. The molecular formula is C22H22N2O5S2. The molecule has 9 heteroatoms. The minimum atomic E-state index is -4.02. The monoisotopic (exact) mass is 458 g/mol. The third-order valence-corrected chi connectivity index (χ3v) is 7.31. The number of nitrogens with two attached hydrogens (primary N) is 1. The fourth-order valence-corrected chi connectivity index (χ4v) is 5.30. The highest BCUT2D eigenvalue weighted by atomic mass is 32.2. The van der Waals surface area contributed by atoms with Crippen molar-refractivity contribution in [2.75, 3.05) is 5.32 Å². The van der Waals surface area contributed by atoms with Gasteiger partial charge < -0.3 is 15.2 Å². The molecule has 3 N–H and O–H groups in total. The third kappa shape index (κ3) is 4.78. The van der Waals surface area contributed by atoms with E-state index < -0.39 is 21.9 Å². The summed E-state index contributed by atoms with van der Waals surface area (Å²) in [6.07, 6.45) is 0. The molecule has 3 rings (SSSR count). The van der Waals surface area contributed by atoms with Crippen LogP contribution in [0.1, 0.15) is 42.3 Å². The summed E-state index contributed by atoms with van der Waals surface area (Å²) in [6, 6.07) is 10.8. The number of carbonyl (C=O) groups is 2. The summed E-state index contributed by atoms with van der Waals surface area (Å²) in [7, 11) is -4.02. The lowest BCUT2D eigenvalue weighted by molar-refractivity contribution is 0.100. The van der Waals surface area contributed by atoms with Crippen LogP contribution in [-0.4, -0.2) is 20.2 Å². The first kappa shape index (κ1) is 22.5. The van der Waals surface area contributed by atoms with Crippen LogP contribution in [0.2, 0.25) is 0 Å². The fourth-order valence-electron chi connectivity index (χ4n) is 3.00. The first-order valence-electron chi connectivity index (χ1n) is 9.32. The summed E-state index contributed by atoms with van der Waals surface area (Å²) in [5, 5.41) is 3.08. The molecule has 0 saturated heterocycles. The van der Waals surface area contributed by atoms with Gasteiger partial charge in [0.05, 0.1) is 5.56 Å². The van der Waals surface area contributed by atoms with E-state index in [1.165, 1.54) is 35.6 Å². The molecule has 1 heterocycles. The SMILES string of the molecule is Cc1ccc(C)c(S(=O)(=O)Oc2ccc(C(=O)Nc3sc(C)c(C)c3C(N)=O)cc2)c1. The van der Waals surface area contributed by atoms with Crippen molar-refractivity contribution >= 4 is 38.3 Å². The number of hydrogen-bond donors (Lipinski definition) is 2. The van der Waals surface area contributed by atoms with Crippen molar-refractivity contribution in [2.24, 2.45) is 5.73 Å². The lowest BCUT2D eigenvalue weighted by Gasteiger charge is -2.11. The lowest BCUT2D eigenvalue weighted by atomic mass is 10.1. The molecule has 0 atom stereocenters. The van der Waals surface area contributed by atoms with Gasteiger partial charge in [-0.25, -0.2) is 0 Å². The first-order valence-corrected chi connectivity index (χ1v) is 11.5. The molecule has 0 spiro atoms. The molecule has 31 heavy (non-hydrogen) atoms. The fraction of sp³-hybridized carbons (Fsp3) is 0.182. The zero-order valence-corrected chi connectivity index (χ0v) is 19.1. The van der Waals surface area contributed by atoms with Crippen molar-refractivity contribution in [1.82, 2.24) is 0 Å². The van der Waals surface area contributed by atoms with Gasteiger partial charge in [-0.15, -0.1) is 11.3 Å². The van der Waals surface area contributed by atoms with E-state index >= 15 is 0 Å². The Morgan fingerprint density at radius 1 is 1.00 bits per heavy atom. The van der Waals surface area contributed by atoms with E-state index in [0.717, 1.165) is 16.0 Å². The number of amides is 2.